The lowest BCUT2D eigenvalue weighted by molar-refractivity contribution is -0.141. The Labute approximate surface area is 142 Å². The lowest BCUT2D eigenvalue weighted by atomic mass is 9.94. The minimum atomic E-state index is -4.45. The Balaban J connectivity index is 1.72. The third-order valence-electron chi connectivity index (χ3n) is 3.78. The van der Waals surface area contributed by atoms with E-state index in [1.54, 1.807) is 12.1 Å². The zero-order chi connectivity index (χ0) is 18.0. The number of halogens is 3. The molecule has 25 heavy (non-hydrogen) atoms. The van der Waals surface area contributed by atoms with Gasteiger partial charge >= 0.3 is 6.18 Å². The van der Waals surface area contributed by atoms with Crippen molar-refractivity contribution < 1.29 is 18.0 Å². The molecule has 1 atom stereocenters. The van der Waals surface area contributed by atoms with E-state index in [9.17, 15) is 18.0 Å². The van der Waals surface area contributed by atoms with E-state index in [0.717, 1.165) is 23.5 Å². The maximum atomic E-state index is 12.5. The first-order valence-electron chi connectivity index (χ1n) is 7.60. The summed E-state index contributed by atoms with van der Waals surface area (Å²) in [6.45, 7) is 1.93. The fourth-order valence-corrected chi connectivity index (χ4v) is 2.53. The number of nitrogens with one attached hydrogen (secondary N) is 2. The first kappa shape index (κ1) is 16.9. The molecule has 0 fully saturated rings. The molecule has 0 bridgehead atoms. The molecule has 1 aromatic heterocycles. The van der Waals surface area contributed by atoms with Gasteiger partial charge < -0.3 is 5.32 Å². The zero-order valence-corrected chi connectivity index (χ0v) is 13.3. The minimum Gasteiger partial charge on any atom is -0.354 e. The number of alkyl halides is 3. The van der Waals surface area contributed by atoms with Crippen LogP contribution in [0.4, 0.5) is 24.5 Å². The Morgan fingerprint density at radius 1 is 1.12 bits per heavy atom. The molecule has 0 aliphatic carbocycles. The molecule has 0 saturated carbocycles. The van der Waals surface area contributed by atoms with Crippen LogP contribution >= 0.6 is 0 Å². The molecule has 1 amide bonds. The molecule has 5 nitrogen and oxygen atoms in total. The molecule has 3 rings (SSSR count). The molecule has 2 heterocycles. The van der Waals surface area contributed by atoms with Gasteiger partial charge in [-0.3, -0.25) is 4.79 Å². The Bertz CT molecular complexity index is 798. The summed E-state index contributed by atoms with van der Waals surface area (Å²) in [5, 5.41) is 7.08. The Morgan fingerprint density at radius 3 is 2.36 bits per heavy atom. The van der Waals surface area contributed by atoms with Crippen molar-refractivity contribution in [2.24, 2.45) is 11.0 Å². The fraction of sp³-hybridized carbons (Fsp3) is 0.235. The number of pyridine rings is 1. The molecule has 1 aromatic carbocycles. The second-order valence-corrected chi connectivity index (χ2v) is 5.77. The van der Waals surface area contributed by atoms with Crippen LogP contribution in [0.2, 0.25) is 0 Å². The first-order chi connectivity index (χ1) is 11.8. The number of carbonyl (C=O) groups is 1. The van der Waals surface area contributed by atoms with Crippen molar-refractivity contribution in [1.29, 1.82) is 0 Å². The second-order valence-electron chi connectivity index (χ2n) is 5.77. The predicted octanol–water partition coefficient (Wildman–Crippen LogP) is 3.70. The van der Waals surface area contributed by atoms with Crippen LogP contribution in [0, 0.1) is 5.92 Å². The van der Waals surface area contributed by atoms with Crippen LogP contribution in [0.15, 0.2) is 47.7 Å². The van der Waals surface area contributed by atoms with Gasteiger partial charge in [0, 0.05) is 18.0 Å². The van der Waals surface area contributed by atoms with Crippen molar-refractivity contribution >= 4 is 23.0 Å². The Kier molecular flexibility index (Phi) is 4.43. The summed E-state index contributed by atoms with van der Waals surface area (Å²) in [6, 6.07) is 9.51. The summed E-state index contributed by atoms with van der Waals surface area (Å²) < 4.78 is 37.5. The van der Waals surface area contributed by atoms with E-state index in [4.69, 9.17) is 0 Å². The number of benzene rings is 1. The van der Waals surface area contributed by atoms with E-state index in [-0.39, 0.29) is 11.8 Å². The molecular formula is C17H15F3N4O. The van der Waals surface area contributed by atoms with Gasteiger partial charge in [-0.15, -0.1) is 0 Å². The maximum Gasteiger partial charge on any atom is 0.433 e. The third-order valence-corrected chi connectivity index (χ3v) is 3.78. The van der Waals surface area contributed by atoms with E-state index < -0.39 is 11.9 Å². The number of amides is 1. The number of hydrogen-bond acceptors (Lipinski definition) is 4. The Morgan fingerprint density at radius 2 is 1.80 bits per heavy atom. The summed E-state index contributed by atoms with van der Waals surface area (Å²) in [6.07, 6.45) is -2.93. The molecule has 2 aromatic rings. The summed E-state index contributed by atoms with van der Waals surface area (Å²) in [5.74, 6) is -0.0870. The van der Waals surface area contributed by atoms with Crippen molar-refractivity contribution in [1.82, 2.24) is 10.4 Å². The molecular weight excluding hydrogens is 333 g/mol. The molecule has 130 valence electrons. The third kappa shape index (κ3) is 3.96. The summed E-state index contributed by atoms with van der Waals surface area (Å²) >= 11 is 0. The lowest BCUT2D eigenvalue weighted by Crippen LogP contribution is -2.31. The summed E-state index contributed by atoms with van der Waals surface area (Å²) in [4.78, 5) is 14.7. The van der Waals surface area contributed by atoms with Crippen LogP contribution in [0.5, 0.6) is 0 Å². The van der Waals surface area contributed by atoms with Gasteiger partial charge in [-0.1, -0.05) is 19.1 Å². The van der Waals surface area contributed by atoms with Crippen molar-refractivity contribution in [2.75, 3.05) is 5.32 Å². The van der Waals surface area contributed by atoms with Crippen molar-refractivity contribution in [3.63, 3.8) is 0 Å². The highest BCUT2D eigenvalue weighted by Gasteiger charge is 2.32. The first-order valence-corrected chi connectivity index (χ1v) is 7.60. The van der Waals surface area contributed by atoms with Gasteiger partial charge in [-0.05, 0) is 29.8 Å². The van der Waals surface area contributed by atoms with Crippen LogP contribution in [-0.4, -0.2) is 16.6 Å². The molecule has 0 radical (unpaired) electrons. The number of hydrazone groups is 1. The summed E-state index contributed by atoms with van der Waals surface area (Å²) in [5.41, 5.74) is 4.37. The van der Waals surface area contributed by atoms with Gasteiger partial charge in [0.05, 0.1) is 17.6 Å². The second kappa shape index (κ2) is 6.54. The van der Waals surface area contributed by atoms with E-state index in [2.05, 4.69) is 20.8 Å². The van der Waals surface area contributed by atoms with Crippen molar-refractivity contribution in [3.05, 3.63) is 53.9 Å². The van der Waals surface area contributed by atoms with Gasteiger partial charge in [0.1, 0.15) is 5.69 Å². The Hall–Kier alpha value is -2.90. The van der Waals surface area contributed by atoms with Gasteiger partial charge in [0.15, 0.2) is 0 Å². The average Bonchev–Trinajstić information content (AvgIpc) is 2.56. The van der Waals surface area contributed by atoms with Crippen molar-refractivity contribution in [2.45, 2.75) is 19.5 Å². The predicted molar refractivity (Wildman–Crippen MR) is 87.4 cm³/mol. The maximum absolute atomic E-state index is 12.5. The molecule has 2 N–H and O–H groups in total. The van der Waals surface area contributed by atoms with Crippen LogP contribution in [0.3, 0.4) is 0 Å². The monoisotopic (exact) mass is 348 g/mol. The van der Waals surface area contributed by atoms with Crippen LogP contribution in [0.1, 0.15) is 24.6 Å². The van der Waals surface area contributed by atoms with E-state index >= 15 is 0 Å². The van der Waals surface area contributed by atoms with Crippen LogP contribution in [-0.2, 0) is 11.0 Å². The highest BCUT2D eigenvalue weighted by Crippen LogP contribution is 2.28. The van der Waals surface area contributed by atoms with Gasteiger partial charge in [0.25, 0.3) is 0 Å². The lowest BCUT2D eigenvalue weighted by Gasteiger charge is -2.19. The number of carbonyl (C=O) groups excluding carboxylic acids is 1. The summed E-state index contributed by atoms with van der Waals surface area (Å²) in [7, 11) is 0. The minimum absolute atomic E-state index is 0.0201. The molecule has 0 saturated heterocycles. The highest BCUT2D eigenvalue weighted by molar-refractivity contribution is 6.05. The number of hydrogen-bond donors (Lipinski definition) is 2. The molecule has 0 spiro atoms. The number of aromatic nitrogens is 1. The topological polar surface area (TPSA) is 66.4 Å². The number of anilines is 2. The van der Waals surface area contributed by atoms with Gasteiger partial charge in [-0.2, -0.15) is 18.3 Å². The zero-order valence-electron chi connectivity index (χ0n) is 13.3. The smallest absolute Gasteiger partial charge is 0.354 e. The number of rotatable bonds is 3. The molecule has 1 aliphatic rings. The average molecular weight is 348 g/mol. The van der Waals surface area contributed by atoms with Crippen LogP contribution in [0.25, 0.3) is 0 Å². The highest BCUT2D eigenvalue weighted by atomic mass is 19.4. The van der Waals surface area contributed by atoms with Crippen LogP contribution < -0.4 is 10.7 Å². The molecule has 1 unspecified atom stereocenters. The SMILES string of the molecule is CC1CC(=O)NN=C1c1ccc(Nc2ccc(C(F)(F)F)nc2)cc1. The quantitative estimate of drug-likeness (QED) is 0.889. The normalized spacial score (nSPS) is 17.7. The van der Waals surface area contributed by atoms with E-state index in [0.29, 0.717) is 17.8 Å². The standard InChI is InChI=1S/C17H15F3N4O/c1-10-8-15(25)23-24-16(10)11-2-4-12(5-3-11)22-13-6-7-14(21-9-13)17(18,19)20/h2-7,9-10,22H,8H2,1H3,(H,23,25). The molecule has 8 heteroatoms. The van der Waals surface area contributed by atoms with Crippen molar-refractivity contribution in [3.8, 4) is 0 Å². The molecule has 1 aliphatic heterocycles. The number of nitrogens with zero attached hydrogens (tertiary/aromatic N) is 2. The fourth-order valence-electron chi connectivity index (χ4n) is 2.53. The van der Waals surface area contributed by atoms with Gasteiger partial charge in [-0.25, -0.2) is 10.4 Å². The van der Waals surface area contributed by atoms with Gasteiger partial charge in [0.2, 0.25) is 5.91 Å². The van der Waals surface area contributed by atoms with E-state index in [1.807, 2.05) is 19.1 Å². The largest absolute Gasteiger partial charge is 0.433 e. The van der Waals surface area contributed by atoms with E-state index in [1.165, 1.54) is 6.07 Å².